The second-order valence-electron chi connectivity index (χ2n) is 4.06. The van der Waals surface area contributed by atoms with Crippen molar-refractivity contribution in [3.05, 3.63) is 0 Å². The molecule has 2 aliphatic rings. The molecule has 0 spiro atoms. The lowest BCUT2D eigenvalue weighted by atomic mass is 10.1. The number of hydrogen-bond acceptors (Lipinski definition) is 3. The summed E-state index contributed by atoms with van der Waals surface area (Å²) >= 11 is 0. The maximum Gasteiger partial charge on any atom is 0.277 e. The Hall–Kier alpha value is -0.170. The zero-order valence-corrected chi connectivity index (χ0v) is 8.94. The molecule has 1 saturated heterocycles. The van der Waals surface area contributed by atoms with E-state index in [-0.39, 0.29) is 12.1 Å². The number of rotatable bonds is 4. The summed E-state index contributed by atoms with van der Waals surface area (Å²) in [6.07, 6.45) is 3.92. The van der Waals surface area contributed by atoms with Gasteiger partial charge in [-0.2, -0.15) is 17.9 Å². The molecule has 0 aromatic rings. The van der Waals surface area contributed by atoms with Gasteiger partial charge in [0.2, 0.25) is 0 Å². The van der Waals surface area contributed by atoms with Gasteiger partial charge in [-0.15, -0.1) is 0 Å². The summed E-state index contributed by atoms with van der Waals surface area (Å²) in [6.45, 7) is 1.74. The minimum Gasteiger partial charge on any atom is -0.315 e. The van der Waals surface area contributed by atoms with Crippen molar-refractivity contribution in [2.24, 2.45) is 0 Å². The first-order chi connectivity index (χ1) is 6.66. The van der Waals surface area contributed by atoms with Gasteiger partial charge in [0.1, 0.15) is 0 Å². The fourth-order valence-corrected chi connectivity index (χ4v) is 3.01. The molecule has 1 aliphatic heterocycles. The van der Waals surface area contributed by atoms with Crippen molar-refractivity contribution < 1.29 is 8.42 Å². The van der Waals surface area contributed by atoms with E-state index >= 15 is 0 Å². The minimum atomic E-state index is -3.26. The Bertz CT molecular complexity index is 281. The van der Waals surface area contributed by atoms with Crippen LogP contribution in [0, 0.1) is 0 Å². The third-order valence-corrected chi connectivity index (χ3v) is 3.81. The third-order valence-electron chi connectivity index (χ3n) is 2.52. The Kier molecular flexibility index (Phi) is 3.06. The zero-order chi connectivity index (χ0) is 10.0. The fraction of sp³-hybridized carbons (Fsp3) is 1.00. The Morgan fingerprint density at radius 3 is 2.36 bits per heavy atom. The molecule has 1 heterocycles. The standard InChI is InChI=1S/C8H17N3O2S/c12-14(13,10-7-3-4-7)11-8-2-1-5-9-6-8/h7-11H,1-6H2/t8-/m1/s1. The Morgan fingerprint density at radius 2 is 1.79 bits per heavy atom. The maximum atomic E-state index is 11.5. The number of piperidine rings is 1. The summed E-state index contributed by atoms with van der Waals surface area (Å²) in [5.41, 5.74) is 0. The molecule has 0 amide bonds. The Morgan fingerprint density at radius 1 is 1.07 bits per heavy atom. The number of hydrogen-bond donors (Lipinski definition) is 3. The van der Waals surface area contributed by atoms with E-state index in [1.165, 1.54) is 0 Å². The Labute approximate surface area is 84.8 Å². The molecule has 1 aliphatic carbocycles. The number of nitrogens with one attached hydrogen (secondary N) is 3. The van der Waals surface area contributed by atoms with E-state index < -0.39 is 10.2 Å². The highest BCUT2D eigenvalue weighted by molar-refractivity contribution is 7.87. The van der Waals surface area contributed by atoms with Gasteiger partial charge in [0.05, 0.1) is 0 Å². The monoisotopic (exact) mass is 219 g/mol. The molecule has 2 rings (SSSR count). The van der Waals surface area contributed by atoms with Crippen LogP contribution in [0.5, 0.6) is 0 Å². The van der Waals surface area contributed by atoms with Crippen molar-refractivity contribution in [1.29, 1.82) is 0 Å². The molecule has 2 fully saturated rings. The van der Waals surface area contributed by atoms with Crippen molar-refractivity contribution >= 4 is 10.2 Å². The quantitative estimate of drug-likeness (QED) is 0.587. The van der Waals surface area contributed by atoms with E-state index in [0.717, 1.165) is 38.8 Å². The summed E-state index contributed by atoms with van der Waals surface area (Å²) in [5, 5.41) is 3.17. The van der Waals surface area contributed by atoms with Crippen molar-refractivity contribution in [3.8, 4) is 0 Å². The van der Waals surface area contributed by atoms with Crippen LogP contribution < -0.4 is 14.8 Å². The fourth-order valence-electron chi connectivity index (χ4n) is 1.63. The lowest BCUT2D eigenvalue weighted by molar-refractivity contribution is 0.426. The molecule has 14 heavy (non-hydrogen) atoms. The van der Waals surface area contributed by atoms with Gasteiger partial charge in [-0.3, -0.25) is 0 Å². The van der Waals surface area contributed by atoms with Gasteiger partial charge in [-0.05, 0) is 32.2 Å². The summed E-state index contributed by atoms with van der Waals surface area (Å²) in [5.74, 6) is 0. The van der Waals surface area contributed by atoms with Crippen LogP contribution in [0.15, 0.2) is 0 Å². The van der Waals surface area contributed by atoms with E-state index in [0.29, 0.717) is 0 Å². The van der Waals surface area contributed by atoms with Gasteiger partial charge in [-0.1, -0.05) is 0 Å². The molecule has 0 aromatic carbocycles. The van der Waals surface area contributed by atoms with Crippen LogP contribution in [0.3, 0.4) is 0 Å². The largest absolute Gasteiger partial charge is 0.315 e. The lowest BCUT2D eigenvalue weighted by Crippen LogP contribution is -2.49. The average Bonchev–Trinajstić information content (AvgIpc) is 2.88. The zero-order valence-electron chi connectivity index (χ0n) is 8.12. The van der Waals surface area contributed by atoms with Crippen LogP contribution in [-0.2, 0) is 10.2 Å². The highest BCUT2D eigenvalue weighted by atomic mass is 32.2. The summed E-state index contributed by atoms with van der Waals surface area (Å²) < 4.78 is 28.3. The summed E-state index contributed by atoms with van der Waals surface area (Å²) in [4.78, 5) is 0. The van der Waals surface area contributed by atoms with E-state index in [9.17, 15) is 8.42 Å². The van der Waals surface area contributed by atoms with Gasteiger partial charge < -0.3 is 5.32 Å². The van der Waals surface area contributed by atoms with E-state index in [2.05, 4.69) is 14.8 Å². The predicted octanol–water partition coefficient (Wildman–Crippen LogP) is -0.675. The molecule has 0 unspecified atom stereocenters. The highest BCUT2D eigenvalue weighted by Crippen LogP contribution is 2.19. The molecule has 0 radical (unpaired) electrons. The SMILES string of the molecule is O=S(=O)(NC1CC1)N[C@@H]1CCCNC1. The van der Waals surface area contributed by atoms with Crippen molar-refractivity contribution in [2.45, 2.75) is 37.8 Å². The van der Waals surface area contributed by atoms with Crippen molar-refractivity contribution in [2.75, 3.05) is 13.1 Å². The molecular weight excluding hydrogens is 202 g/mol. The first-order valence-corrected chi connectivity index (χ1v) is 6.64. The average molecular weight is 219 g/mol. The third kappa shape index (κ3) is 3.20. The maximum absolute atomic E-state index is 11.5. The van der Waals surface area contributed by atoms with Gasteiger partial charge in [-0.25, -0.2) is 0 Å². The molecule has 0 bridgehead atoms. The molecule has 6 heteroatoms. The van der Waals surface area contributed by atoms with Crippen LogP contribution in [0.4, 0.5) is 0 Å². The van der Waals surface area contributed by atoms with Gasteiger partial charge in [0.25, 0.3) is 10.2 Å². The molecule has 5 nitrogen and oxygen atoms in total. The van der Waals surface area contributed by atoms with E-state index in [1.807, 2.05) is 0 Å². The smallest absolute Gasteiger partial charge is 0.277 e. The minimum absolute atomic E-state index is 0.0556. The Balaban J connectivity index is 1.81. The van der Waals surface area contributed by atoms with E-state index in [1.54, 1.807) is 0 Å². The highest BCUT2D eigenvalue weighted by Gasteiger charge is 2.28. The first-order valence-electron chi connectivity index (χ1n) is 5.16. The van der Waals surface area contributed by atoms with Crippen LogP contribution in [0.1, 0.15) is 25.7 Å². The molecule has 1 atom stereocenters. The van der Waals surface area contributed by atoms with Crippen molar-refractivity contribution in [3.63, 3.8) is 0 Å². The topological polar surface area (TPSA) is 70.2 Å². The van der Waals surface area contributed by atoms with E-state index in [4.69, 9.17) is 0 Å². The van der Waals surface area contributed by atoms with Crippen LogP contribution in [-0.4, -0.2) is 33.6 Å². The predicted molar refractivity (Wildman–Crippen MR) is 54.1 cm³/mol. The van der Waals surface area contributed by atoms with Crippen molar-refractivity contribution in [1.82, 2.24) is 14.8 Å². The summed E-state index contributed by atoms with van der Waals surface area (Å²) in [7, 11) is -3.26. The second kappa shape index (κ2) is 4.14. The van der Waals surface area contributed by atoms with Gasteiger partial charge >= 0.3 is 0 Å². The second-order valence-corrected chi connectivity index (χ2v) is 5.53. The molecule has 82 valence electrons. The van der Waals surface area contributed by atoms with Crippen LogP contribution >= 0.6 is 0 Å². The normalized spacial score (nSPS) is 29.0. The first kappa shape index (κ1) is 10.4. The molecule has 1 saturated carbocycles. The van der Waals surface area contributed by atoms with Crippen LogP contribution in [0.2, 0.25) is 0 Å². The lowest BCUT2D eigenvalue weighted by Gasteiger charge is -2.23. The van der Waals surface area contributed by atoms with Crippen LogP contribution in [0.25, 0.3) is 0 Å². The summed E-state index contributed by atoms with van der Waals surface area (Å²) in [6, 6.07) is 0.240. The molecule has 0 aromatic heterocycles. The van der Waals surface area contributed by atoms with Gasteiger partial charge in [0.15, 0.2) is 0 Å². The van der Waals surface area contributed by atoms with Gasteiger partial charge in [0, 0.05) is 18.6 Å². The molecular formula is C8H17N3O2S. The molecule has 3 N–H and O–H groups in total.